The van der Waals surface area contributed by atoms with E-state index in [1.54, 1.807) is 0 Å². The van der Waals surface area contributed by atoms with Crippen molar-refractivity contribution in [1.82, 2.24) is 0 Å². The van der Waals surface area contributed by atoms with E-state index in [9.17, 15) is 17.6 Å². The fourth-order valence-electron chi connectivity index (χ4n) is 1.45. The summed E-state index contributed by atoms with van der Waals surface area (Å²) in [5.41, 5.74) is -0.217. The SMILES string of the molecule is COC(=O)c1ccc(F)c(NS(=O)(=O)CCCCCl)c1. The van der Waals surface area contributed by atoms with Gasteiger partial charge in [-0.05, 0) is 31.0 Å². The van der Waals surface area contributed by atoms with E-state index < -0.39 is 21.8 Å². The normalized spacial score (nSPS) is 11.2. The first-order chi connectivity index (χ1) is 9.39. The molecule has 1 aromatic carbocycles. The summed E-state index contributed by atoms with van der Waals surface area (Å²) in [6.45, 7) is 0. The Morgan fingerprint density at radius 1 is 1.40 bits per heavy atom. The minimum absolute atomic E-state index is 0.0624. The Morgan fingerprint density at radius 3 is 2.70 bits per heavy atom. The highest BCUT2D eigenvalue weighted by molar-refractivity contribution is 7.92. The van der Waals surface area contributed by atoms with Crippen LogP contribution >= 0.6 is 11.6 Å². The van der Waals surface area contributed by atoms with Gasteiger partial charge in [0.05, 0.1) is 24.1 Å². The van der Waals surface area contributed by atoms with Crippen molar-refractivity contribution in [1.29, 1.82) is 0 Å². The number of halogens is 2. The van der Waals surface area contributed by atoms with Gasteiger partial charge in [-0.3, -0.25) is 4.72 Å². The number of ether oxygens (including phenoxy) is 1. The summed E-state index contributed by atoms with van der Waals surface area (Å²) in [6.07, 6.45) is 0.921. The summed E-state index contributed by atoms with van der Waals surface area (Å²) in [5, 5.41) is 0. The predicted octanol–water partition coefficient (Wildman–Crippen LogP) is 2.37. The number of rotatable bonds is 7. The summed E-state index contributed by atoms with van der Waals surface area (Å²) in [7, 11) is -2.50. The number of benzene rings is 1. The molecule has 0 aliphatic heterocycles. The Labute approximate surface area is 122 Å². The minimum Gasteiger partial charge on any atom is -0.465 e. The van der Waals surface area contributed by atoms with E-state index in [2.05, 4.69) is 9.46 Å². The van der Waals surface area contributed by atoms with Crippen molar-refractivity contribution in [2.24, 2.45) is 0 Å². The fourth-order valence-corrected chi connectivity index (χ4v) is 2.82. The second-order valence-electron chi connectivity index (χ2n) is 4.00. The van der Waals surface area contributed by atoms with E-state index in [1.807, 2.05) is 0 Å². The van der Waals surface area contributed by atoms with Crippen LogP contribution in [0.3, 0.4) is 0 Å². The average Bonchev–Trinajstić information content (AvgIpc) is 2.40. The van der Waals surface area contributed by atoms with E-state index in [4.69, 9.17) is 11.6 Å². The number of hydrogen-bond donors (Lipinski definition) is 1. The summed E-state index contributed by atoms with van der Waals surface area (Å²) < 4.78 is 43.6. The lowest BCUT2D eigenvalue weighted by Gasteiger charge is -2.09. The Kier molecular flexibility index (Phi) is 6.22. The van der Waals surface area contributed by atoms with Gasteiger partial charge in [-0.1, -0.05) is 0 Å². The van der Waals surface area contributed by atoms with Crippen LogP contribution in [-0.4, -0.2) is 33.1 Å². The van der Waals surface area contributed by atoms with Crippen molar-refractivity contribution < 1.29 is 22.3 Å². The molecule has 5 nitrogen and oxygen atoms in total. The van der Waals surface area contributed by atoms with E-state index in [0.29, 0.717) is 18.7 Å². The van der Waals surface area contributed by atoms with E-state index >= 15 is 0 Å². The standard InChI is InChI=1S/C12H15ClFNO4S/c1-19-12(16)9-4-5-10(14)11(8-9)15-20(17,18)7-3-2-6-13/h4-5,8,15H,2-3,6-7H2,1H3. The minimum atomic E-state index is -3.68. The highest BCUT2D eigenvalue weighted by Crippen LogP contribution is 2.18. The number of methoxy groups -OCH3 is 1. The zero-order valence-electron chi connectivity index (χ0n) is 10.9. The number of unbranched alkanes of at least 4 members (excludes halogenated alkanes) is 1. The first kappa shape index (κ1) is 16.7. The third-order valence-electron chi connectivity index (χ3n) is 2.45. The molecule has 1 N–H and O–H groups in total. The monoisotopic (exact) mass is 323 g/mol. The third kappa shape index (κ3) is 4.97. The lowest BCUT2D eigenvalue weighted by Crippen LogP contribution is -2.18. The summed E-state index contributed by atoms with van der Waals surface area (Å²) >= 11 is 5.46. The third-order valence-corrected chi connectivity index (χ3v) is 4.07. The molecule has 0 radical (unpaired) electrons. The topological polar surface area (TPSA) is 72.5 Å². The Hall–Kier alpha value is -1.34. The van der Waals surface area contributed by atoms with Crippen LogP contribution in [0.25, 0.3) is 0 Å². The molecule has 0 unspecified atom stereocenters. The van der Waals surface area contributed by atoms with Crippen molar-refractivity contribution in [3.63, 3.8) is 0 Å². The van der Waals surface area contributed by atoms with E-state index in [1.165, 1.54) is 13.2 Å². The molecule has 20 heavy (non-hydrogen) atoms. The lowest BCUT2D eigenvalue weighted by atomic mass is 10.2. The number of hydrogen-bond acceptors (Lipinski definition) is 4. The van der Waals surface area contributed by atoms with Crippen LogP contribution in [0.4, 0.5) is 10.1 Å². The van der Waals surface area contributed by atoms with Crippen molar-refractivity contribution >= 4 is 33.3 Å². The van der Waals surface area contributed by atoms with Crippen LogP contribution in [0.15, 0.2) is 18.2 Å². The fraction of sp³-hybridized carbons (Fsp3) is 0.417. The Morgan fingerprint density at radius 2 is 2.10 bits per heavy atom. The highest BCUT2D eigenvalue weighted by Gasteiger charge is 2.15. The second-order valence-corrected chi connectivity index (χ2v) is 6.22. The second kappa shape index (κ2) is 7.44. The zero-order chi connectivity index (χ0) is 15.2. The molecule has 0 saturated carbocycles. The van der Waals surface area contributed by atoms with Crippen molar-refractivity contribution in [3.05, 3.63) is 29.6 Å². The largest absolute Gasteiger partial charge is 0.465 e. The van der Waals surface area contributed by atoms with Gasteiger partial charge in [0.25, 0.3) is 0 Å². The molecule has 0 fully saturated rings. The summed E-state index contributed by atoms with van der Waals surface area (Å²) in [4.78, 5) is 11.3. The van der Waals surface area contributed by atoms with Gasteiger partial charge in [-0.25, -0.2) is 17.6 Å². The Balaban J connectivity index is 2.88. The number of anilines is 1. The number of carbonyl (C=O) groups is 1. The molecule has 0 aliphatic rings. The molecule has 0 saturated heterocycles. The highest BCUT2D eigenvalue weighted by atomic mass is 35.5. The van der Waals surface area contributed by atoms with Gasteiger partial charge in [0.1, 0.15) is 5.82 Å². The lowest BCUT2D eigenvalue weighted by molar-refractivity contribution is 0.0600. The number of esters is 1. The van der Waals surface area contributed by atoms with Gasteiger partial charge in [-0.15, -0.1) is 11.6 Å². The number of nitrogens with one attached hydrogen (secondary N) is 1. The molecular weight excluding hydrogens is 309 g/mol. The van der Waals surface area contributed by atoms with Gasteiger partial charge in [0.2, 0.25) is 10.0 Å². The average molecular weight is 324 g/mol. The maximum atomic E-state index is 13.6. The maximum Gasteiger partial charge on any atom is 0.337 e. The molecule has 1 aromatic rings. The summed E-state index contributed by atoms with van der Waals surface area (Å²) in [5.74, 6) is -1.24. The molecule has 1 rings (SSSR count). The number of carbonyl (C=O) groups excluding carboxylic acids is 1. The molecule has 0 bridgehead atoms. The van der Waals surface area contributed by atoms with E-state index in [-0.39, 0.29) is 17.0 Å². The van der Waals surface area contributed by atoms with Crippen LogP contribution in [0.2, 0.25) is 0 Å². The molecular formula is C12H15ClFNO4S. The van der Waals surface area contributed by atoms with Crippen molar-refractivity contribution in [2.75, 3.05) is 23.5 Å². The molecule has 8 heteroatoms. The molecule has 0 aliphatic carbocycles. The molecule has 112 valence electrons. The van der Waals surface area contributed by atoms with Gasteiger partial charge < -0.3 is 4.74 Å². The maximum absolute atomic E-state index is 13.6. The van der Waals surface area contributed by atoms with Gasteiger partial charge in [-0.2, -0.15) is 0 Å². The van der Waals surface area contributed by atoms with Crippen LogP contribution in [0.5, 0.6) is 0 Å². The molecule has 0 spiro atoms. The van der Waals surface area contributed by atoms with Gasteiger partial charge >= 0.3 is 5.97 Å². The van der Waals surface area contributed by atoms with Crippen LogP contribution in [0.1, 0.15) is 23.2 Å². The zero-order valence-corrected chi connectivity index (χ0v) is 12.4. The first-order valence-electron chi connectivity index (χ1n) is 5.84. The smallest absolute Gasteiger partial charge is 0.337 e. The molecule has 0 atom stereocenters. The van der Waals surface area contributed by atoms with E-state index in [0.717, 1.165) is 12.1 Å². The molecule has 0 aromatic heterocycles. The first-order valence-corrected chi connectivity index (χ1v) is 8.02. The van der Waals surface area contributed by atoms with Crippen molar-refractivity contribution in [2.45, 2.75) is 12.8 Å². The van der Waals surface area contributed by atoms with Crippen molar-refractivity contribution in [3.8, 4) is 0 Å². The van der Waals surface area contributed by atoms with Crippen LogP contribution in [0, 0.1) is 5.82 Å². The van der Waals surface area contributed by atoms with Gasteiger partial charge in [0, 0.05) is 5.88 Å². The van der Waals surface area contributed by atoms with Crippen LogP contribution in [-0.2, 0) is 14.8 Å². The quantitative estimate of drug-likeness (QED) is 0.475. The van der Waals surface area contributed by atoms with Crippen LogP contribution < -0.4 is 4.72 Å². The Bertz CT molecular complexity index is 577. The number of alkyl halides is 1. The summed E-state index contributed by atoms with van der Waals surface area (Å²) in [6, 6.07) is 3.32. The van der Waals surface area contributed by atoms with Gasteiger partial charge in [0.15, 0.2) is 0 Å². The molecule has 0 amide bonds. The molecule has 0 heterocycles. The predicted molar refractivity (Wildman–Crippen MR) is 75.1 cm³/mol. The number of sulfonamides is 1.